The molecule has 1 saturated heterocycles. The van der Waals surface area contributed by atoms with Gasteiger partial charge in [-0.3, -0.25) is 9.36 Å². The van der Waals surface area contributed by atoms with E-state index in [1.54, 1.807) is 15.5 Å². The van der Waals surface area contributed by atoms with E-state index >= 15 is 0 Å². The first kappa shape index (κ1) is 18.2. The van der Waals surface area contributed by atoms with E-state index < -0.39 is 11.7 Å². The van der Waals surface area contributed by atoms with Gasteiger partial charge in [0.1, 0.15) is 11.6 Å². The molecule has 9 heteroatoms. The number of carbonyl (C=O) groups is 1. The highest BCUT2D eigenvalue weighted by atomic mass is 35.5. The summed E-state index contributed by atoms with van der Waals surface area (Å²) in [5, 5.41) is 4.69. The number of benzene rings is 1. The van der Waals surface area contributed by atoms with Crippen LogP contribution in [0.4, 0.5) is 4.39 Å². The topological polar surface area (TPSA) is 69.4 Å². The van der Waals surface area contributed by atoms with Crippen molar-refractivity contribution in [2.45, 2.75) is 31.8 Å². The number of amides is 1. The average molecular weight is 395 g/mol. The molecule has 1 atom stereocenters. The molecule has 2 aliphatic rings. The van der Waals surface area contributed by atoms with Gasteiger partial charge in [0.25, 0.3) is 0 Å². The van der Waals surface area contributed by atoms with Gasteiger partial charge in [-0.2, -0.15) is 5.10 Å². The fourth-order valence-corrected chi connectivity index (χ4v) is 3.89. The minimum absolute atomic E-state index is 0.00351. The van der Waals surface area contributed by atoms with E-state index in [0.29, 0.717) is 50.7 Å². The third kappa shape index (κ3) is 3.51. The van der Waals surface area contributed by atoms with Gasteiger partial charge in [-0.1, -0.05) is 17.7 Å². The van der Waals surface area contributed by atoms with Crippen molar-refractivity contribution in [3.8, 4) is 0 Å². The number of halogens is 2. The van der Waals surface area contributed by atoms with Crippen molar-refractivity contribution in [1.82, 2.24) is 19.2 Å². The largest absolute Gasteiger partial charge is 0.378 e. The summed E-state index contributed by atoms with van der Waals surface area (Å²) in [7, 11) is 0. The maximum atomic E-state index is 13.2. The molecule has 1 amide bonds. The summed E-state index contributed by atoms with van der Waals surface area (Å²) in [4.78, 5) is 27.5. The van der Waals surface area contributed by atoms with Crippen molar-refractivity contribution in [2.75, 3.05) is 26.3 Å². The minimum atomic E-state index is -0.434. The van der Waals surface area contributed by atoms with Crippen LogP contribution in [0.3, 0.4) is 0 Å². The molecule has 0 N–H and O–H groups in total. The fraction of sp³-hybridized carbons (Fsp3) is 0.500. The zero-order valence-corrected chi connectivity index (χ0v) is 15.5. The summed E-state index contributed by atoms with van der Waals surface area (Å²) in [6, 6.07) is 4.05. The summed E-state index contributed by atoms with van der Waals surface area (Å²) in [5.41, 5.74) is 0.330. The summed E-state index contributed by atoms with van der Waals surface area (Å²) < 4.78 is 21.4. The van der Waals surface area contributed by atoms with Crippen LogP contribution in [0.5, 0.6) is 0 Å². The second-order valence-corrected chi connectivity index (χ2v) is 7.23. The number of nitrogens with zero attached hydrogens (tertiary/aromatic N) is 4. The predicted molar refractivity (Wildman–Crippen MR) is 96.4 cm³/mol. The van der Waals surface area contributed by atoms with Crippen molar-refractivity contribution in [1.29, 1.82) is 0 Å². The highest BCUT2D eigenvalue weighted by Gasteiger charge is 2.34. The van der Waals surface area contributed by atoms with Gasteiger partial charge in [-0.15, -0.1) is 0 Å². The number of hydrogen-bond acceptors (Lipinski definition) is 4. The Morgan fingerprint density at radius 3 is 2.81 bits per heavy atom. The van der Waals surface area contributed by atoms with Crippen LogP contribution in [0.15, 0.2) is 23.0 Å². The molecule has 1 fully saturated rings. The molecule has 3 heterocycles. The first-order valence-electron chi connectivity index (χ1n) is 9.02. The maximum absolute atomic E-state index is 13.2. The van der Waals surface area contributed by atoms with Crippen LogP contribution in [0.25, 0.3) is 0 Å². The van der Waals surface area contributed by atoms with Gasteiger partial charge in [0.15, 0.2) is 0 Å². The molecule has 0 aliphatic carbocycles. The zero-order chi connectivity index (χ0) is 19.0. The monoisotopic (exact) mass is 394 g/mol. The lowest BCUT2D eigenvalue weighted by Gasteiger charge is -2.31. The van der Waals surface area contributed by atoms with Gasteiger partial charge in [0.2, 0.25) is 5.91 Å². The van der Waals surface area contributed by atoms with Crippen molar-refractivity contribution >= 4 is 17.5 Å². The molecule has 4 rings (SSSR count). The molecular formula is C18H20ClFN4O3. The molecule has 1 aromatic carbocycles. The van der Waals surface area contributed by atoms with E-state index in [1.165, 1.54) is 16.8 Å². The molecule has 2 aromatic rings. The van der Waals surface area contributed by atoms with Crippen LogP contribution >= 0.6 is 11.6 Å². The van der Waals surface area contributed by atoms with E-state index in [1.807, 2.05) is 0 Å². The molecule has 144 valence electrons. The summed E-state index contributed by atoms with van der Waals surface area (Å²) in [6.45, 7) is 2.86. The fourth-order valence-electron chi connectivity index (χ4n) is 3.66. The first-order chi connectivity index (χ1) is 13.0. The van der Waals surface area contributed by atoms with Crippen LogP contribution in [0, 0.1) is 5.82 Å². The highest BCUT2D eigenvalue weighted by molar-refractivity contribution is 6.31. The molecule has 1 unspecified atom stereocenters. The zero-order valence-electron chi connectivity index (χ0n) is 14.7. The van der Waals surface area contributed by atoms with Crippen LogP contribution in [-0.2, 0) is 22.6 Å². The van der Waals surface area contributed by atoms with Crippen molar-refractivity contribution in [3.63, 3.8) is 0 Å². The predicted octanol–water partition coefficient (Wildman–Crippen LogP) is 1.62. The molecule has 0 bridgehead atoms. The van der Waals surface area contributed by atoms with Gasteiger partial charge in [0, 0.05) is 24.7 Å². The summed E-state index contributed by atoms with van der Waals surface area (Å²) in [6.07, 6.45) is 1.42. The molecular weight excluding hydrogens is 375 g/mol. The molecule has 0 radical (unpaired) electrons. The molecule has 1 aromatic heterocycles. The second-order valence-electron chi connectivity index (χ2n) is 6.82. The van der Waals surface area contributed by atoms with Gasteiger partial charge in [0.05, 0.1) is 25.7 Å². The van der Waals surface area contributed by atoms with Crippen LogP contribution in [0.2, 0.25) is 5.02 Å². The molecule has 2 aliphatic heterocycles. The number of fused-ring (bicyclic) bond motifs is 1. The number of aromatic nitrogens is 3. The van der Waals surface area contributed by atoms with E-state index in [-0.39, 0.29) is 23.2 Å². The Morgan fingerprint density at radius 1 is 1.30 bits per heavy atom. The van der Waals surface area contributed by atoms with Gasteiger partial charge >= 0.3 is 5.69 Å². The third-order valence-electron chi connectivity index (χ3n) is 5.09. The van der Waals surface area contributed by atoms with Crippen molar-refractivity contribution in [3.05, 3.63) is 50.9 Å². The Labute approximate surface area is 160 Å². The number of rotatable bonds is 3. The average Bonchev–Trinajstić information content (AvgIpc) is 3.00. The summed E-state index contributed by atoms with van der Waals surface area (Å²) >= 11 is 6.08. The van der Waals surface area contributed by atoms with Gasteiger partial charge < -0.3 is 9.64 Å². The molecule has 27 heavy (non-hydrogen) atoms. The van der Waals surface area contributed by atoms with Crippen molar-refractivity contribution in [2.24, 2.45) is 0 Å². The number of hydrogen-bond donors (Lipinski definition) is 0. The lowest BCUT2D eigenvalue weighted by atomic mass is 9.97. The first-order valence-corrected chi connectivity index (χ1v) is 9.40. The second kappa shape index (κ2) is 7.44. The Bertz CT molecular complexity index is 920. The standard InChI is InChI=1S/C18H20ClFN4O3/c19-15-10-13(20)4-3-12(15)11-24-18(26)23-5-1-2-14(16(23)21-24)17(25)22-6-8-27-9-7-22/h3-4,10,14H,1-2,5-9,11H2. The number of ether oxygens (including phenoxy) is 1. The van der Waals surface area contributed by atoms with Crippen molar-refractivity contribution < 1.29 is 13.9 Å². The Morgan fingerprint density at radius 2 is 2.07 bits per heavy atom. The Kier molecular flexibility index (Phi) is 5.01. The minimum Gasteiger partial charge on any atom is -0.378 e. The van der Waals surface area contributed by atoms with E-state index in [4.69, 9.17) is 16.3 Å². The Hall–Kier alpha value is -2.19. The molecule has 0 saturated carbocycles. The lowest BCUT2D eigenvalue weighted by Crippen LogP contribution is -2.44. The molecule has 7 nitrogen and oxygen atoms in total. The van der Waals surface area contributed by atoms with Crippen LogP contribution in [-0.4, -0.2) is 51.5 Å². The smallest absolute Gasteiger partial charge is 0.346 e. The lowest BCUT2D eigenvalue weighted by molar-refractivity contribution is -0.137. The van der Waals surface area contributed by atoms with Gasteiger partial charge in [-0.05, 0) is 30.5 Å². The quantitative estimate of drug-likeness (QED) is 0.793. The van der Waals surface area contributed by atoms with Crippen LogP contribution < -0.4 is 5.69 Å². The van der Waals surface area contributed by atoms with Crippen LogP contribution in [0.1, 0.15) is 30.1 Å². The number of carbonyl (C=O) groups excluding carboxylic acids is 1. The van der Waals surface area contributed by atoms with E-state index in [0.717, 1.165) is 6.42 Å². The SMILES string of the molecule is O=C(C1CCCn2c1nn(Cc1ccc(F)cc1Cl)c2=O)N1CCOCC1. The Balaban J connectivity index is 1.63. The van der Waals surface area contributed by atoms with Gasteiger partial charge in [-0.25, -0.2) is 13.9 Å². The van der Waals surface area contributed by atoms with E-state index in [2.05, 4.69) is 5.10 Å². The molecule has 0 spiro atoms. The normalized spacial score (nSPS) is 19.8. The van der Waals surface area contributed by atoms with E-state index in [9.17, 15) is 14.0 Å². The third-order valence-corrected chi connectivity index (χ3v) is 5.45. The summed E-state index contributed by atoms with van der Waals surface area (Å²) in [5.74, 6) is -0.358. The highest BCUT2D eigenvalue weighted by Crippen LogP contribution is 2.27. The maximum Gasteiger partial charge on any atom is 0.346 e. The number of morpholine rings is 1.